The minimum Gasteiger partial charge on any atom is -0.358 e. The van der Waals surface area contributed by atoms with Crippen LogP contribution in [0, 0.1) is 13.8 Å². The van der Waals surface area contributed by atoms with Gasteiger partial charge < -0.3 is 10.7 Å². The van der Waals surface area contributed by atoms with E-state index >= 15 is 0 Å². The molecule has 3 N–H and O–H groups in total. The molecule has 2 heteroatoms. The molecule has 1 aromatic carbocycles. The number of hydrogen-bond donors (Lipinski definition) is 2. The Morgan fingerprint density at radius 2 is 2.06 bits per heavy atom. The molecule has 0 aliphatic heterocycles. The third-order valence-electron chi connectivity index (χ3n) is 3.82. The molecule has 1 heterocycles. The van der Waals surface area contributed by atoms with Gasteiger partial charge in [0.2, 0.25) is 0 Å². The minimum atomic E-state index is 0.104. The average Bonchev–Trinajstić information content (AvgIpc) is 2.90. The number of hydrogen-bond acceptors (Lipinski definition) is 1. The molecule has 1 aliphatic carbocycles. The fraction of sp³-hybridized carbons (Fsp3) is 0.429. The normalized spacial score (nSPS) is 17.9. The van der Waals surface area contributed by atoms with Crippen molar-refractivity contribution in [3.63, 3.8) is 0 Å². The van der Waals surface area contributed by atoms with E-state index in [2.05, 4.69) is 37.0 Å². The molecule has 16 heavy (non-hydrogen) atoms. The Bertz CT molecular complexity index is 547. The fourth-order valence-electron chi connectivity index (χ4n) is 2.36. The Balaban J connectivity index is 2.04. The second kappa shape index (κ2) is 3.11. The lowest BCUT2D eigenvalue weighted by atomic mass is 10.0. The molecule has 0 radical (unpaired) electrons. The summed E-state index contributed by atoms with van der Waals surface area (Å²) in [6, 6.07) is 6.67. The van der Waals surface area contributed by atoms with Gasteiger partial charge in [0.25, 0.3) is 0 Å². The third kappa shape index (κ3) is 1.54. The Hall–Kier alpha value is -1.28. The van der Waals surface area contributed by atoms with Gasteiger partial charge in [-0.1, -0.05) is 6.07 Å². The molecule has 1 saturated carbocycles. The Labute approximate surface area is 95.8 Å². The summed E-state index contributed by atoms with van der Waals surface area (Å²) in [6.45, 7) is 4.30. The lowest BCUT2D eigenvalue weighted by Gasteiger charge is -2.08. The first-order valence-electron chi connectivity index (χ1n) is 5.94. The molecule has 2 aromatic rings. The zero-order chi connectivity index (χ0) is 11.3. The summed E-state index contributed by atoms with van der Waals surface area (Å²) in [5.74, 6) is 0. The number of nitrogens with two attached hydrogens (primary N) is 1. The summed E-state index contributed by atoms with van der Waals surface area (Å²) in [5.41, 5.74) is 11.5. The number of rotatable bonds is 2. The van der Waals surface area contributed by atoms with Crippen LogP contribution in [-0.4, -0.2) is 10.5 Å². The van der Waals surface area contributed by atoms with Crippen molar-refractivity contribution in [1.82, 2.24) is 4.98 Å². The van der Waals surface area contributed by atoms with Crippen molar-refractivity contribution in [3.05, 3.63) is 35.0 Å². The Morgan fingerprint density at radius 3 is 2.75 bits per heavy atom. The van der Waals surface area contributed by atoms with Crippen LogP contribution >= 0.6 is 0 Å². The highest BCUT2D eigenvalue weighted by Crippen LogP contribution is 2.36. The number of nitrogens with one attached hydrogen (secondary N) is 1. The van der Waals surface area contributed by atoms with Crippen molar-refractivity contribution in [2.45, 2.75) is 38.6 Å². The lowest BCUT2D eigenvalue weighted by molar-refractivity contribution is 0.673. The standard InChI is InChI=1S/C14H18N2/c1-9-10(2)16-13-4-3-11(7-12(9)13)8-14(15)5-6-14/h3-4,7,16H,5-6,8,15H2,1-2H3. The molecule has 1 fully saturated rings. The summed E-state index contributed by atoms with van der Waals surface area (Å²) in [4.78, 5) is 3.40. The predicted molar refractivity (Wildman–Crippen MR) is 67.6 cm³/mol. The number of H-pyrrole nitrogens is 1. The van der Waals surface area contributed by atoms with Gasteiger partial charge in [-0.25, -0.2) is 0 Å². The van der Waals surface area contributed by atoms with E-state index in [4.69, 9.17) is 5.73 Å². The fourth-order valence-corrected chi connectivity index (χ4v) is 2.36. The van der Waals surface area contributed by atoms with Gasteiger partial charge in [0.05, 0.1) is 0 Å². The SMILES string of the molecule is Cc1[nH]c2ccc(CC3(N)CC3)cc2c1C. The van der Waals surface area contributed by atoms with Gasteiger partial charge in [0.1, 0.15) is 0 Å². The molecule has 1 aromatic heterocycles. The van der Waals surface area contributed by atoms with Gasteiger partial charge in [-0.15, -0.1) is 0 Å². The number of aryl methyl sites for hydroxylation is 2. The highest BCUT2D eigenvalue weighted by atomic mass is 14.8. The molecule has 0 amide bonds. The maximum Gasteiger partial charge on any atom is 0.0458 e. The first-order valence-corrected chi connectivity index (χ1v) is 5.94. The molecule has 3 rings (SSSR count). The molecule has 0 saturated heterocycles. The zero-order valence-electron chi connectivity index (χ0n) is 9.93. The summed E-state index contributed by atoms with van der Waals surface area (Å²) in [6.07, 6.45) is 3.37. The number of fused-ring (bicyclic) bond motifs is 1. The van der Waals surface area contributed by atoms with Crippen LogP contribution < -0.4 is 5.73 Å². The maximum atomic E-state index is 6.16. The lowest BCUT2D eigenvalue weighted by Crippen LogP contribution is -2.24. The largest absolute Gasteiger partial charge is 0.358 e. The van der Waals surface area contributed by atoms with Crippen LogP contribution in [0.25, 0.3) is 10.9 Å². The minimum absolute atomic E-state index is 0.104. The van der Waals surface area contributed by atoms with E-state index in [-0.39, 0.29) is 5.54 Å². The highest BCUT2D eigenvalue weighted by molar-refractivity contribution is 5.85. The van der Waals surface area contributed by atoms with E-state index in [1.165, 1.54) is 40.6 Å². The molecule has 0 spiro atoms. The van der Waals surface area contributed by atoms with Crippen LogP contribution in [0.15, 0.2) is 18.2 Å². The monoisotopic (exact) mass is 214 g/mol. The summed E-state index contributed by atoms with van der Waals surface area (Å²) >= 11 is 0. The molecule has 84 valence electrons. The van der Waals surface area contributed by atoms with E-state index in [1.54, 1.807) is 0 Å². The second-order valence-electron chi connectivity index (χ2n) is 5.29. The Morgan fingerprint density at radius 1 is 1.31 bits per heavy atom. The van der Waals surface area contributed by atoms with Crippen molar-refractivity contribution in [3.8, 4) is 0 Å². The Kier molecular flexibility index (Phi) is 1.93. The second-order valence-corrected chi connectivity index (χ2v) is 5.29. The summed E-state index contributed by atoms with van der Waals surface area (Å²) in [5, 5.41) is 1.35. The van der Waals surface area contributed by atoms with Crippen LogP contribution in [-0.2, 0) is 6.42 Å². The van der Waals surface area contributed by atoms with Crippen LogP contribution in [0.4, 0.5) is 0 Å². The van der Waals surface area contributed by atoms with Crippen LogP contribution in [0.5, 0.6) is 0 Å². The van der Waals surface area contributed by atoms with Gasteiger partial charge >= 0.3 is 0 Å². The van der Waals surface area contributed by atoms with Gasteiger partial charge in [0.15, 0.2) is 0 Å². The van der Waals surface area contributed by atoms with Crippen molar-refractivity contribution in [1.29, 1.82) is 0 Å². The van der Waals surface area contributed by atoms with Crippen LogP contribution in [0.3, 0.4) is 0 Å². The number of aromatic amines is 1. The van der Waals surface area contributed by atoms with E-state index in [0.717, 1.165) is 6.42 Å². The average molecular weight is 214 g/mol. The molecule has 0 atom stereocenters. The smallest absolute Gasteiger partial charge is 0.0458 e. The quantitative estimate of drug-likeness (QED) is 0.793. The third-order valence-corrected chi connectivity index (χ3v) is 3.82. The number of benzene rings is 1. The molecular weight excluding hydrogens is 196 g/mol. The van der Waals surface area contributed by atoms with E-state index in [9.17, 15) is 0 Å². The predicted octanol–water partition coefficient (Wildman–Crippen LogP) is 2.82. The van der Waals surface area contributed by atoms with Gasteiger partial charge in [-0.05, 0) is 56.4 Å². The molecular formula is C14H18N2. The first-order chi connectivity index (χ1) is 7.57. The van der Waals surface area contributed by atoms with Crippen molar-refractivity contribution in [2.75, 3.05) is 0 Å². The number of aromatic nitrogens is 1. The molecule has 1 aliphatic rings. The molecule has 0 bridgehead atoms. The topological polar surface area (TPSA) is 41.8 Å². The van der Waals surface area contributed by atoms with Crippen LogP contribution in [0.1, 0.15) is 29.7 Å². The van der Waals surface area contributed by atoms with Crippen molar-refractivity contribution in [2.24, 2.45) is 5.73 Å². The molecule has 0 unspecified atom stereocenters. The maximum absolute atomic E-state index is 6.16. The van der Waals surface area contributed by atoms with Gasteiger partial charge in [-0.3, -0.25) is 0 Å². The van der Waals surface area contributed by atoms with E-state index in [1.807, 2.05) is 0 Å². The summed E-state index contributed by atoms with van der Waals surface area (Å²) in [7, 11) is 0. The van der Waals surface area contributed by atoms with Crippen LogP contribution in [0.2, 0.25) is 0 Å². The van der Waals surface area contributed by atoms with Gasteiger partial charge in [0, 0.05) is 22.1 Å². The van der Waals surface area contributed by atoms with E-state index < -0.39 is 0 Å². The van der Waals surface area contributed by atoms with Gasteiger partial charge in [-0.2, -0.15) is 0 Å². The zero-order valence-corrected chi connectivity index (χ0v) is 9.93. The van der Waals surface area contributed by atoms with Crippen molar-refractivity contribution < 1.29 is 0 Å². The highest BCUT2D eigenvalue weighted by Gasteiger charge is 2.37. The summed E-state index contributed by atoms with van der Waals surface area (Å²) < 4.78 is 0. The van der Waals surface area contributed by atoms with Crippen molar-refractivity contribution >= 4 is 10.9 Å². The molecule has 2 nitrogen and oxygen atoms in total. The van der Waals surface area contributed by atoms with E-state index in [0.29, 0.717) is 0 Å². The first kappa shape index (κ1) is 9.91.